The number of thiazole rings is 1. The summed E-state index contributed by atoms with van der Waals surface area (Å²) in [7, 11) is -2.92. The average Bonchev–Trinajstić information content (AvgIpc) is 3.04. The Morgan fingerprint density at radius 1 is 1.40 bits per heavy atom. The number of aliphatic hydroxyl groups is 1. The van der Waals surface area contributed by atoms with Gasteiger partial charge in [-0.25, -0.2) is 17.7 Å². The van der Waals surface area contributed by atoms with E-state index in [0.29, 0.717) is 0 Å². The van der Waals surface area contributed by atoms with Crippen LogP contribution in [0.4, 0.5) is 5.82 Å². The Balaban J connectivity index is 2.43. The maximum atomic E-state index is 13.1. The fraction of sp³-hybridized carbons (Fsp3) is 0.133. The fourth-order valence-electron chi connectivity index (χ4n) is 2.46. The Morgan fingerprint density at radius 2 is 2.08 bits per heavy atom. The van der Waals surface area contributed by atoms with Gasteiger partial charge >= 0.3 is 0 Å². The first kappa shape index (κ1) is 17.9. The van der Waals surface area contributed by atoms with Crippen molar-refractivity contribution >= 4 is 61.0 Å². The van der Waals surface area contributed by atoms with E-state index in [1.54, 1.807) is 0 Å². The van der Waals surface area contributed by atoms with Gasteiger partial charge in [-0.05, 0) is 12.1 Å². The van der Waals surface area contributed by atoms with Crippen LogP contribution >= 0.6 is 34.5 Å². The van der Waals surface area contributed by atoms with E-state index in [9.17, 15) is 13.5 Å². The highest BCUT2D eigenvalue weighted by atomic mass is 35.5. The molecule has 6 nitrogen and oxygen atoms in total. The third-order valence-electron chi connectivity index (χ3n) is 3.49. The quantitative estimate of drug-likeness (QED) is 0.772. The number of fused-ring (bicyclic) bond motifs is 1. The third-order valence-corrected chi connectivity index (χ3v) is 6.72. The highest BCUT2D eigenvalue weighted by molar-refractivity contribution is 8.02. The van der Waals surface area contributed by atoms with Crippen LogP contribution < -0.4 is 9.04 Å². The van der Waals surface area contributed by atoms with Crippen molar-refractivity contribution in [3.8, 4) is 18.1 Å². The van der Waals surface area contributed by atoms with Crippen LogP contribution in [0.3, 0.4) is 0 Å². The predicted molar refractivity (Wildman–Crippen MR) is 99.7 cm³/mol. The van der Waals surface area contributed by atoms with Crippen molar-refractivity contribution in [1.29, 1.82) is 0 Å². The number of anilines is 1. The molecule has 0 amide bonds. The molecule has 0 unspecified atom stereocenters. The second-order valence-electron chi connectivity index (χ2n) is 4.84. The number of rotatable bonds is 3. The SMILES string of the molecule is C#CCN1c2ncsc2C(O)=C(c2c(Cl)ccc(Cl)c2OC)S1(=O)=O. The average molecular weight is 417 g/mol. The van der Waals surface area contributed by atoms with Crippen molar-refractivity contribution in [3.63, 3.8) is 0 Å². The molecule has 2 heterocycles. The van der Waals surface area contributed by atoms with Crippen LogP contribution in [0, 0.1) is 12.3 Å². The third kappa shape index (κ3) is 2.64. The molecule has 10 heteroatoms. The Kier molecular flexibility index (Phi) is 4.60. The Labute approximate surface area is 158 Å². The number of benzene rings is 1. The molecule has 1 aliphatic heterocycles. The van der Waals surface area contributed by atoms with E-state index in [2.05, 4.69) is 10.9 Å². The second-order valence-corrected chi connectivity index (χ2v) is 8.30. The molecule has 3 rings (SSSR count). The van der Waals surface area contributed by atoms with Gasteiger partial charge in [0.05, 0.1) is 34.8 Å². The van der Waals surface area contributed by atoms with Gasteiger partial charge in [-0.2, -0.15) is 0 Å². The summed E-state index contributed by atoms with van der Waals surface area (Å²) in [5, 5.41) is 10.9. The van der Waals surface area contributed by atoms with Gasteiger partial charge in [-0.15, -0.1) is 17.8 Å². The van der Waals surface area contributed by atoms with Crippen LogP contribution in [0.15, 0.2) is 17.6 Å². The van der Waals surface area contributed by atoms with Crippen LogP contribution in [-0.4, -0.2) is 32.2 Å². The van der Waals surface area contributed by atoms with Crippen molar-refractivity contribution < 1.29 is 18.3 Å². The molecule has 0 aliphatic carbocycles. The standard InChI is InChI=1S/C15H10Cl2N2O4S2/c1-3-6-19-15-13(24-7-18-15)11(20)14(25(19,21)22)10-8(16)4-5-9(17)12(10)23-2/h1,4-5,7,20H,6H2,2H3. The molecule has 0 atom stereocenters. The number of sulfonamides is 1. The molecule has 0 spiro atoms. The van der Waals surface area contributed by atoms with E-state index >= 15 is 0 Å². The van der Waals surface area contributed by atoms with Crippen LogP contribution in [-0.2, 0) is 10.0 Å². The first-order valence-electron chi connectivity index (χ1n) is 6.70. The number of aromatic nitrogens is 1. The van der Waals surface area contributed by atoms with E-state index in [0.717, 1.165) is 15.6 Å². The Hall–Kier alpha value is -1.92. The van der Waals surface area contributed by atoms with Gasteiger partial charge in [-0.1, -0.05) is 29.1 Å². The molecule has 25 heavy (non-hydrogen) atoms. The number of ether oxygens (including phenoxy) is 1. The molecule has 1 aliphatic rings. The summed E-state index contributed by atoms with van der Waals surface area (Å²) >= 11 is 13.4. The number of hydrogen-bond donors (Lipinski definition) is 1. The van der Waals surface area contributed by atoms with Gasteiger partial charge in [0.15, 0.2) is 11.6 Å². The van der Waals surface area contributed by atoms with Crippen molar-refractivity contribution in [2.75, 3.05) is 18.0 Å². The summed E-state index contributed by atoms with van der Waals surface area (Å²) in [6.45, 7) is -0.254. The number of terminal acetylenes is 1. The lowest BCUT2D eigenvalue weighted by molar-refractivity contribution is 0.413. The highest BCUT2D eigenvalue weighted by Crippen LogP contribution is 2.49. The van der Waals surface area contributed by atoms with Crippen LogP contribution in [0.2, 0.25) is 10.0 Å². The van der Waals surface area contributed by atoms with E-state index in [1.165, 1.54) is 24.8 Å². The van der Waals surface area contributed by atoms with Crippen LogP contribution in [0.1, 0.15) is 10.4 Å². The smallest absolute Gasteiger partial charge is 0.270 e. The van der Waals surface area contributed by atoms with Crippen LogP contribution in [0.25, 0.3) is 10.7 Å². The number of nitrogens with zero attached hydrogens (tertiary/aromatic N) is 2. The van der Waals surface area contributed by atoms with Gasteiger partial charge in [0.1, 0.15) is 15.5 Å². The summed E-state index contributed by atoms with van der Waals surface area (Å²) in [4.78, 5) is 3.83. The molecule has 1 aromatic carbocycles. The summed E-state index contributed by atoms with van der Waals surface area (Å²) in [6.07, 6.45) is 5.30. The maximum absolute atomic E-state index is 13.1. The number of hydrogen-bond acceptors (Lipinski definition) is 6. The minimum Gasteiger partial charge on any atom is -0.505 e. The fourth-order valence-corrected chi connectivity index (χ4v) is 5.50. The topological polar surface area (TPSA) is 79.7 Å². The molecule has 1 N–H and O–H groups in total. The van der Waals surface area contributed by atoms with Crippen molar-refractivity contribution in [3.05, 3.63) is 38.1 Å². The molecule has 0 saturated carbocycles. The Morgan fingerprint density at radius 3 is 2.72 bits per heavy atom. The largest absolute Gasteiger partial charge is 0.505 e. The zero-order valence-corrected chi connectivity index (χ0v) is 15.8. The van der Waals surface area contributed by atoms with Gasteiger partial charge < -0.3 is 9.84 Å². The lowest BCUT2D eigenvalue weighted by Gasteiger charge is -2.28. The molecule has 0 bridgehead atoms. The van der Waals surface area contributed by atoms with E-state index in [4.69, 9.17) is 34.4 Å². The minimum atomic E-state index is -4.24. The lowest BCUT2D eigenvalue weighted by Crippen LogP contribution is -2.35. The van der Waals surface area contributed by atoms with E-state index in [-0.39, 0.29) is 38.6 Å². The van der Waals surface area contributed by atoms with E-state index < -0.39 is 20.7 Å². The minimum absolute atomic E-state index is 0.0322. The maximum Gasteiger partial charge on any atom is 0.270 e. The molecule has 2 aromatic rings. The zero-order chi connectivity index (χ0) is 18.4. The molecule has 0 saturated heterocycles. The lowest BCUT2D eigenvalue weighted by atomic mass is 10.1. The Bertz CT molecular complexity index is 1040. The van der Waals surface area contributed by atoms with Gasteiger partial charge in [0.2, 0.25) is 0 Å². The van der Waals surface area contributed by atoms with Crippen LogP contribution in [0.5, 0.6) is 5.75 Å². The van der Waals surface area contributed by atoms with Crippen molar-refractivity contribution in [2.45, 2.75) is 0 Å². The first-order valence-corrected chi connectivity index (χ1v) is 9.77. The first-order chi connectivity index (χ1) is 11.8. The molecular weight excluding hydrogens is 407 g/mol. The molecule has 0 fully saturated rings. The molecular formula is C15H10Cl2N2O4S2. The summed E-state index contributed by atoms with van der Waals surface area (Å²) < 4.78 is 32.4. The molecule has 0 radical (unpaired) electrons. The van der Waals surface area contributed by atoms with Crippen molar-refractivity contribution in [1.82, 2.24) is 4.98 Å². The van der Waals surface area contributed by atoms with Gasteiger partial charge in [0, 0.05) is 0 Å². The number of methoxy groups -OCH3 is 1. The normalized spacial score (nSPS) is 15.7. The van der Waals surface area contributed by atoms with Crippen molar-refractivity contribution in [2.24, 2.45) is 0 Å². The monoisotopic (exact) mass is 416 g/mol. The predicted octanol–water partition coefficient (Wildman–Crippen LogP) is 3.63. The number of halogens is 2. The zero-order valence-electron chi connectivity index (χ0n) is 12.7. The highest BCUT2D eigenvalue weighted by Gasteiger charge is 2.42. The number of aliphatic hydroxyl groups excluding tert-OH is 1. The van der Waals surface area contributed by atoms with Gasteiger partial charge in [-0.3, -0.25) is 0 Å². The summed E-state index contributed by atoms with van der Waals surface area (Å²) in [5.74, 6) is 1.91. The molecule has 1 aromatic heterocycles. The van der Waals surface area contributed by atoms with E-state index in [1.807, 2.05) is 0 Å². The van der Waals surface area contributed by atoms with Gasteiger partial charge in [0.25, 0.3) is 10.0 Å². The summed E-state index contributed by atoms with van der Waals surface area (Å²) in [5.41, 5.74) is 1.38. The molecule has 130 valence electrons. The second kappa shape index (κ2) is 6.42. The summed E-state index contributed by atoms with van der Waals surface area (Å²) in [6, 6.07) is 2.89.